The average molecular weight is 534 g/mol. The molecule has 2 amide bonds. The van der Waals surface area contributed by atoms with Crippen LogP contribution in [0.25, 0.3) is 11.1 Å². The van der Waals surface area contributed by atoms with Crippen molar-refractivity contribution in [2.24, 2.45) is 5.73 Å². The minimum Gasteiger partial charge on any atom is -0.481 e. The zero-order chi connectivity index (χ0) is 28.0. The monoisotopic (exact) mass is 533 g/mol. The first-order valence-electron chi connectivity index (χ1n) is 12.9. The van der Waals surface area contributed by atoms with E-state index >= 15 is 0 Å². The molecule has 2 aromatic heterocycles. The van der Waals surface area contributed by atoms with Crippen molar-refractivity contribution in [1.82, 2.24) is 20.3 Å². The number of nitrogens with one attached hydrogen (secondary N) is 3. The molecule has 11 nitrogen and oxygen atoms in total. The second kappa shape index (κ2) is 12.0. The Morgan fingerprint density at radius 3 is 2.44 bits per heavy atom. The quantitative estimate of drug-likeness (QED) is 0.324. The Morgan fingerprint density at radius 1 is 1.00 bits per heavy atom. The van der Waals surface area contributed by atoms with E-state index in [-0.39, 0.29) is 23.5 Å². The lowest BCUT2D eigenvalue weighted by Gasteiger charge is -2.33. The van der Waals surface area contributed by atoms with Crippen LogP contribution >= 0.6 is 0 Å². The highest BCUT2D eigenvalue weighted by Crippen LogP contribution is 2.27. The number of nitrogens with zero attached hydrogens (tertiary/aromatic N) is 3. The molecule has 0 aliphatic heterocycles. The molecule has 39 heavy (non-hydrogen) atoms. The summed E-state index contributed by atoms with van der Waals surface area (Å²) in [6, 6.07) is 11.1. The van der Waals surface area contributed by atoms with Gasteiger partial charge in [0, 0.05) is 35.8 Å². The third kappa shape index (κ3) is 7.56. The van der Waals surface area contributed by atoms with Gasteiger partial charge in [0.1, 0.15) is 17.0 Å². The van der Waals surface area contributed by atoms with Crippen molar-refractivity contribution in [2.45, 2.75) is 64.1 Å². The molecule has 0 bridgehead atoms. The molecule has 2 atom stereocenters. The molecule has 0 spiro atoms. The average Bonchev–Trinajstić information content (AvgIpc) is 2.89. The molecule has 0 radical (unpaired) electrons. The van der Waals surface area contributed by atoms with Crippen LogP contribution in [-0.4, -0.2) is 51.7 Å². The predicted octanol–water partition coefficient (Wildman–Crippen LogP) is 4.64. The molecule has 4 rings (SSSR count). The van der Waals surface area contributed by atoms with Crippen LogP contribution < -0.4 is 26.4 Å². The molecular formula is C28H35N7O4. The van der Waals surface area contributed by atoms with E-state index in [0.29, 0.717) is 17.5 Å². The zero-order valence-corrected chi connectivity index (χ0v) is 22.7. The smallest absolute Gasteiger partial charge is 0.407 e. The molecule has 1 saturated carbocycles. The number of methoxy groups -OCH3 is 1. The van der Waals surface area contributed by atoms with Crippen LogP contribution in [0.5, 0.6) is 5.88 Å². The maximum Gasteiger partial charge on any atom is 0.407 e. The van der Waals surface area contributed by atoms with Crippen molar-refractivity contribution < 1.29 is 19.1 Å². The van der Waals surface area contributed by atoms with E-state index in [0.717, 1.165) is 36.8 Å². The summed E-state index contributed by atoms with van der Waals surface area (Å²) in [6.45, 7) is 5.49. The molecule has 206 valence electrons. The number of hydrogen-bond acceptors (Lipinski definition) is 9. The number of carbonyl (C=O) groups excluding carboxylic acids is 2. The van der Waals surface area contributed by atoms with Crippen molar-refractivity contribution in [3.8, 4) is 17.0 Å². The molecule has 3 aromatic rings. The molecule has 1 aliphatic carbocycles. The lowest BCUT2D eigenvalue weighted by atomic mass is 9.90. The molecule has 1 aliphatic rings. The minimum atomic E-state index is -0.651. The fourth-order valence-electron chi connectivity index (χ4n) is 4.41. The van der Waals surface area contributed by atoms with Crippen molar-refractivity contribution in [3.63, 3.8) is 0 Å². The van der Waals surface area contributed by atoms with Gasteiger partial charge in [-0.25, -0.2) is 14.8 Å². The van der Waals surface area contributed by atoms with E-state index in [9.17, 15) is 9.59 Å². The summed E-state index contributed by atoms with van der Waals surface area (Å²) in [6.07, 6.45) is 6.29. The Morgan fingerprint density at radius 2 is 1.77 bits per heavy atom. The maximum atomic E-state index is 12.4. The number of aromatic nitrogens is 3. The van der Waals surface area contributed by atoms with Crippen LogP contribution in [0.1, 0.15) is 56.8 Å². The number of amides is 2. The number of anilines is 3. The Hall–Kier alpha value is -4.41. The molecule has 5 N–H and O–H groups in total. The van der Waals surface area contributed by atoms with Crippen molar-refractivity contribution >= 4 is 29.5 Å². The summed E-state index contributed by atoms with van der Waals surface area (Å²) in [4.78, 5) is 37.7. The highest BCUT2D eigenvalue weighted by Gasteiger charge is 2.29. The van der Waals surface area contributed by atoms with E-state index < -0.39 is 17.6 Å². The predicted molar refractivity (Wildman–Crippen MR) is 149 cm³/mol. The van der Waals surface area contributed by atoms with Crippen molar-refractivity contribution in [2.75, 3.05) is 17.7 Å². The molecule has 0 unspecified atom stereocenters. The topological polar surface area (TPSA) is 153 Å². The van der Waals surface area contributed by atoms with Crippen LogP contribution in [0.4, 0.5) is 22.2 Å². The molecule has 1 aromatic carbocycles. The van der Waals surface area contributed by atoms with Gasteiger partial charge < -0.3 is 31.2 Å². The van der Waals surface area contributed by atoms with Gasteiger partial charge in [-0.15, -0.1) is 0 Å². The molecule has 0 saturated heterocycles. The van der Waals surface area contributed by atoms with E-state index in [1.807, 2.05) is 51.1 Å². The fraction of sp³-hybridized carbons (Fsp3) is 0.393. The number of hydrogen-bond donors (Lipinski definition) is 4. The van der Waals surface area contributed by atoms with Gasteiger partial charge in [0.15, 0.2) is 0 Å². The van der Waals surface area contributed by atoms with Gasteiger partial charge in [0.2, 0.25) is 11.8 Å². The number of nitrogens with two attached hydrogens (primary N) is 1. The highest BCUT2D eigenvalue weighted by molar-refractivity contribution is 5.98. The zero-order valence-electron chi connectivity index (χ0n) is 22.7. The van der Waals surface area contributed by atoms with Gasteiger partial charge in [-0.1, -0.05) is 25.0 Å². The lowest BCUT2D eigenvalue weighted by molar-refractivity contribution is 0.0488. The van der Waals surface area contributed by atoms with Gasteiger partial charge in [0.05, 0.1) is 13.2 Å². The SMILES string of the molecule is COc1ccc(-c2cccc(Nc3nc(N[C@@H]4CCCC[C@@H]4NC(=O)OC(C)(C)C)ncc3C(N)=O)c2)cn1. The molecule has 1 fully saturated rings. The van der Waals surface area contributed by atoms with Gasteiger partial charge in [-0.2, -0.15) is 4.98 Å². The number of alkyl carbamates (subject to hydrolysis) is 1. The number of rotatable bonds is 8. The normalized spacial score (nSPS) is 17.1. The van der Waals surface area contributed by atoms with Crippen LogP contribution in [0.3, 0.4) is 0 Å². The Balaban J connectivity index is 1.53. The molecule has 11 heteroatoms. The first-order valence-corrected chi connectivity index (χ1v) is 12.9. The fourth-order valence-corrected chi connectivity index (χ4v) is 4.41. The Labute approximate surface area is 227 Å². The van der Waals surface area contributed by atoms with Crippen LogP contribution in [0.15, 0.2) is 48.8 Å². The second-order valence-corrected chi connectivity index (χ2v) is 10.4. The number of ether oxygens (including phenoxy) is 2. The van der Waals surface area contributed by atoms with Crippen molar-refractivity contribution in [3.05, 3.63) is 54.4 Å². The lowest BCUT2D eigenvalue weighted by Crippen LogP contribution is -2.50. The van der Waals surface area contributed by atoms with Crippen LogP contribution in [0.2, 0.25) is 0 Å². The number of carbonyl (C=O) groups is 2. The van der Waals surface area contributed by atoms with Crippen molar-refractivity contribution in [1.29, 1.82) is 0 Å². The van der Waals surface area contributed by atoms with Gasteiger partial charge >= 0.3 is 6.09 Å². The molecular weight excluding hydrogens is 498 g/mol. The van der Waals surface area contributed by atoms with E-state index in [2.05, 4.69) is 30.9 Å². The van der Waals surface area contributed by atoms with Crippen LogP contribution in [-0.2, 0) is 4.74 Å². The first kappa shape index (κ1) is 27.6. The number of primary amides is 1. The number of pyridine rings is 1. The van der Waals surface area contributed by atoms with E-state index in [1.165, 1.54) is 6.20 Å². The third-order valence-electron chi connectivity index (χ3n) is 6.24. The summed E-state index contributed by atoms with van der Waals surface area (Å²) in [5.74, 6) is 0.474. The largest absolute Gasteiger partial charge is 0.481 e. The maximum absolute atomic E-state index is 12.4. The van der Waals surface area contributed by atoms with Gasteiger partial charge in [0.25, 0.3) is 5.91 Å². The summed E-state index contributed by atoms with van der Waals surface area (Å²) in [5.41, 5.74) is 7.72. The summed E-state index contributed by atoms with van der Waals surface area (Å²) < 4.78 is 10.6. The molecule has 2 heterocycles. The Kier molecular flexibility index (Phi) is 8.48. The van der Waals surface area contributed by atoms with Crippen LogP contribution in [0, 0.1) is 0 Å². The van der Waals surface area contributed by atoms with E-state index in [1.54, 1.807) is 19.4 Å². The first-order chi connectivity index (χ1) is 18.6. The summed E-state index contributed by atoms with van der Waals surface area (Å²) in [5, 5.41) is 9.52. The summed E-state index contributed by atoms with van der Waals surface area (Å²) >= 11 is 0. The van der Waals surface area contributed by atoms with Gasteiger partial charge in [-0.05, 0) is 57.4 Å². The minimum absolute atomic E-state index is 0.107. The second-order valence-electron chi connectivity index (χ2n) is 10.4. The van der Waals surface area contributed by atoms with E-state index in [4.69, 9.17) is 15.2 Å². The standard InChI is InChI=1S/C28H35N7O4/c1-28(2,3)39-27(37)34-22-11-6-5-10-21(22)33-26-31-16-20(24(29)36)25(35-26)32-19-9-7-8-17(14-19)18-12-13-23(38-4)30-15-18/h7-9,12-16,21-22H,5-6,10-11H2,1-4H3,(H2,29,36)(H,34,37)(H2,31,32,33,35)/t21-,22+/m1/s1. The van der Waals surface area contributed by atoms with Gasteiger partial charge in [-0.3, -0.25) is 4.79 Å². The summed E-state index contributed by atoms with van der Waals surface area (Å²) in [7, 11) is 1.57. The number of benzene rings is 1. The Bertz CT molecular complexity index is 1310. The highest BCUT2D eigenvalue weighted by atomic mass is 16.6. The third-order valence-corrected chi connectivity index (χ3v) is 6.24.